The summed E-state index contributed by atoms with van der Waals surface area (Å²) in [6, 6.07) is 8.29. The number of ether oxygens (including phenoxy) is 1. The minimum absolute atomic E-state index is 0.589. The smallest absolute Gasteiger partial charge is 0.221 e. The second-order valence-corrected chi connectivity index (χ2v) is 4.80. The Morgan fingerprint density at radius 2 is 2.14 bits per heavy atom. The molecule has 1 aromatic carbocycles. The van der Waals surface area contributed by atoms with E-state index in [1.165, 1.54) is 11.9 Å². The van der Waals surface area contributed by atoms with Gasteiger partial charge in [0.15, 0.2) is 0 Å². The molecule has 0 aliphatic heterocycles. The summed E-state index contributed by atoms with van der Waals surface area (Å²) in [6.07, 6.45) is 3.49. The normalized spacial score (nSPS) is 10.4. The summed E-state index contributed by atoms with van der Waals surface area (Å²) in [5.74, 6) is 1.39. The van der Waals surface area contributed by atoms with Crippen molar-refractivity contribution in [1.29, 1.82) is 0 Å². The van der Waals surface area contributed by atoms with E-state index in [0.29, 0.717) is 19.0 Å². The molecule has 0 bridgehead atoms. The fraction of sp³-hybridized carbons (Fsp3) is 0.375. The zero-order valence-corrected chi connectivity index (χ0v) is 12.6. The summed E-state index contributed by atoms with van der Waals surface area (Å²) in [7, 11) is 0. The topological polar surface area (TPSA) is 73.1 Å². The summed E-state index contributed by atoms with van der Waals surface area (Å²) < 4.78 is 5.49. The lowest BCUT2D eigenvalue weighted by Crippen LogP contribution is -2.03. The summed E-state index contributed by atoms with van der Waals surface area (Å²) >= 11 is 0. The standard InChI is InChI=1S/C16H22N4O/c1-3-21-16-12(2)15(18-11-19-16)20-14-8-4-6-13(10-14)7-5-9-17/h4,6,8,10-11H,3,5,7,9,17H2,1-2H3,(H,18,19,20). The van der Waals surface area contributed by atoms with Crippen molar-refractivity contribution in [3.05, 3.63) is 41.7 Å². The second-order valence-electron chi connectivity index (χ2n) is 4.80. The number of nitrogens with one attached hydrogen (secondary N) is 1. The average molecular weight is 286 g/mol. The molecule has 0 spiro atoms. The summed E-state index contributed by atoms with van der Waals surface area (Å²) in [5.41, 5.74) is 8.74. The van der Waals surface area contributed by atoms with Crippen molar-refractivity contribution in [2.45, 2.75) is 26.7 Å². The quantitative estimate of drug-likeness (QED) is 0.818. The van der Waals surface area contributed by atoms with Crippen LogP contribution in [0.1, 0.15) is 24.5 Å². The molecule has 21 heavy (non-hydrogen) atoms. The van der Waals surface area contributed by atoms with Gasteiger partial charge in [-0.1, -0.05) is 12.1 Å². The molecule has 0 fully saturated rings. The van der Waals surface area contributed by atoms with Gasteiger partial charge in [-0.25, -0.2) is 9.97 Å². The number of aryl methyl sites for hydroxylation is 1. The van der Waals surface area contributed by atoms with Crippen LogP contribution in [0.4, 0.5) is 11.5 Å². The highest BCUT2D eigenvalue weighted by Crippen LogP contribution is 2.24. The van der Waals surface area contributed by atoms with E-state index in [4.69, 9.17) is 10.5 Å². The molecular formula is C16H22N4O. The molecule has 1 heterocycles. The van der Waals surface area contributed by atoms with Crippen LogP contribution in [-0.4, -0.2) is 23.1 Å². The fourth-order valence-electron chi connectivity index (χ4n) is 2.09. The van der Waals surface area contributed by atoms with E-state index in [2.05, 4.69) is 27.4 Å². The Hall–Kier alpha value is -2.14. The molecular weight excluding hydrogens is 264 g/mol. The van der Waals surface area contributed by atoms with E-state index >= 15 is 0 Å². The molecule has 5 heteroatoms. The average Bonchev–Trinajstić information content (AvgIpc) is 2.50. The van der Waals surface area contributed by atoms with E-state index in [9.17, 15) is 0 Å². The Labute approximate surface area is 125 Å². The predicted octanol–water partition coefficient (Wildman–Crippen LogP) is 2.82. The third-order valence-electron chi connectivity index (χ3n) is 3.18. The third-order valence-corrected chi connectivity index (χ3v) is 3.18. The first-order valence-electron chi connectivity index (χ1n) is 7.25. The van der Waals surface area contributed by atoms with Crippen LogP contribution in [0.3, 0.4) is 0 Å². The van der Waals surface area contributed by atoms with Crippen molar-refractivity contribution in [3.8, 4) is 5.88 Å². The van der Waals surface area contributed by atoms with Crippen molar-refractivity contribution in [1.82, 2.24) is 9.97 Å². The number of hydrogen-bond donors (Lipinski definition) is 2. The molecule has 0 saturated carbocycles. The summed E-state index contributed by atoms with van der Waals surface area (Å²) in [5, 5.41) is 3.33. The monoisotopic (exact) mass is 286 g/mol. The number of nitrogens with zero attached hydrogens (tertiary/aromatic N) is 2. The molecule has 0 saturated heterocycles. The first-order chi connectivity index (χ1) is 10.2. The van der Waals surface area contributed by atoms with Crippen LogP contribution >= 0.6 is 0 Å². The van der Waals surface area contributed by atoms with Gasteiger partial charge in [-0.05, 0) is 50.9 Å². The highest BCUT2D eigenvalue weighted by molar-refractivity contribution is 5.61. The van der Waals surface area contributed by atoms with Gasteiger partial charge in [0, 0.05) is 5.69 Å². The molecule has 2 rings (SSSR count). The van der Waals surface area contributed by atoms with Gasteiger partial charge < -0.3 is 15.8 Å². The molecule has 3 N–H and O–H groups in total. The van der Waals surface area contributed by atoms with E-state index in [-0.39, 0.29) is 0 Å². The van der Waals surface area contributed by atoms with Gasteiger partial charge in [0.2, 0.25) is 5.88 Å². The lowest BCUT2D eigenvalue weighted by molar-refractivity contribution is 0.324. The van der Waals surface area contributed by atoms with Gasteiger partial charge in [0.05, 0.1) is 12.2 Å². The number of benzene rings is 1. The largest absolute Gasteiger partial charge is 0.478 e. The van der Waals surface area contributed by atoms with Crippen LogP contribution in [0, 0.1) is 6.92 Å². The van der Waals surface area contributed by atoms with E-state index in [1.807, 2.05) is 26.0 Å². The van der Waals surface area contributed by atoms with Crippen molar-refractivity contribution >= 4 is 11.5 Å². The Kier molecular flexibility index (Phi) is 5.51. The third kappa shape index (κ3) is 4.16. The van der Waals surface area contributed by atoms with Gasteiger partial charge in [0.1, 0.15) is 12.1 Å². The molecule has 0 aliphatic carbocycles. The number of hydrogen-bond acceptors (Lipinski definition) is 5. The highest BCUT2D eigenvalue weighted by Gasteiger charge is 2.08. The number of rotatable bonds is 7. The Morgan fingerprint density at radius 1 is 1.29 bits per heavy atom. The van der Waals surface area contributed by atoms with Gasteiger partial charge in [-0.3, -0.25) is 0 Å². The molecule has 1 aromatic heterocycles. The van der Waals surface area contributed by atoms with E-state index < -0.39 is 0 Å². The zero-order chi connectivity index (χ0) is 15.1. The van der Waals surface area contributed by atoms with Crippen LogP contribution in [0.5, 0.6) is 5.88 Å². The Balaban J connectivity index is 2.16. The van der Waals surface area contributed by atoms with E-state index in [1.54, 1.807) is 0 Å². The summed E-state index contributed by atoms with van der Waals surface area (Å²) in [4.78, 5) is 8.43. The lowest BCUT2D eigenvalue weighted by Gasteiger charge is -2.12. The predicted molar refractivity (Wildman–Crippen MR) is 85.0 cm³/mol. The molecule has 0 atom stereocenters. The maximum absolute atomic E-state index is 5.56. The number of anilines is 2. The van der Waals surface area contributed by atoms with Crippen molar-refractivity contribution in [3.63, 3.8) is 0 Å². The summed E-state index contributed by atoms with van der Waals surface area (Å²) in [6.45, 7) is 5.19. The highest BCUT2D eigenvalue weighted by atomic mass is 16.5. The first-order valence-corrected chi connectivity index (χ1v) is 7.25. The minimum atomic E-state index is 0.589. The first kappa shape index (κ1) is 15.3. The van der Waals surface area contributed by atoms with Crippen LogP contribution in [0.25, 0.3) is 0 Å². The SMILES string of the molecule is CCOc1ncnc(Nc2cccc(CCCN)c2)c1C. The van der Waals surface area contributed by atoms with Gasteiger partial charge in [-0.2, -0.15) is 0 Å². The second kappa shape index (κ2) is 7.59. The molecule has 5 nitrogen and oxygen atoms in total. The van der Waals surface area contributed by atoms with Crippen molar-refractivity contribution in [2.75, 3.05) is 18.5 Å². The minimum Gasteiger partial charge on any atom is -0.478 e. The van der Waals surface area contributed by atoms with Gasteiger partial charge >= 0.3 is 0 Å². The molecule has 0 unspecified atom stereocenters. The van der Waals surface area contributed by atoms with Crippen molar-refractivity contribution in [2.24, 2.45) is 5.73 Å². The van der Waals surface area contributed by atoms with Crippen LogP contribution in [-0.2, 0) is 6.42 Å². The van der Waals surface area contributed by atoms with E-state index in [0.717, 1.165) is 29.9 Å². The molecule has 112 valence electrons. The molecule has 0 amide bonds. The van der Waals surface area contributed by atoms with Crippen LogP contribution in [0.2, 0.25) is 0 Å². The number of nitrogens with two attached hydrogens (primary N) is 1. The molecule has 2 aromatic rings. The Bertz CT molecular complexity index is 586. The lowest BCUT2D eigenvalue weighted by atomic mass is 10.1. The number of aromatic nitrogens is 2. The van der Waals surface area contributed by atoms with Crippen LogP contribution in [0.15, 0.2) is 30.6 Å². The van der Waals surface area contributed by atoms with Crippen molar-refractivity contribution < 1.29 is 4.74 Å². The van der Waals surface area contributed by atoms with Gasteiger partial charge in [-0.15, -0.1) is 0 Å². The zero-order valence-electron chi connectivity index (χ0n) is 12.6. The molecule has 0 aliphatic rings. The van der Waals surface area contributed by atoms with Crippen LogP contribution < -0.4 is 15.8 Å². The fourth-order valence-corrected chi connectivity index (χ4v) is 2.09. The Morgan fingerprint density at radius 3 is 2.90 bits per heavy atom. The molecule has 0 radical (unpaired) electrons. The van der Waals surface area contributed by atoms with Gasteiger partial charge in [0.25, 0.3) is 0 Å². The maximum atomic E-state index is 5.56. The maximum Gasteiger partial charge on any atom is 0.221 e.